The van der Waals surface area contributed by atoms with Crippen molar-refractivity contribution < 1.29 is 29.7 Å². The fraction of sp³-hybridized carbons (Fsp3) is 0. The quantitative estimate of drug-likeness (QED) is 0.415. The Morgan fingerprint density at radius 2 is 1.39 bits per heavy atom. The van der Waals surface area contributed by atoms with Crippen molar-refractivity contribution in [3.8, 4) is 0 Å². The maximum atomic E-state index is 10.5. The summed E-state index contributed by atoms with van der Waals surface area (Å²) >= 11 is 0. The van der Waals surface area contributed by atoms with Crippen LogP contribution in [0.15, 0.2) is 29.4 Å². The highest BCUT2D eigenvalue weighted by molar-refractivity contribution is 6.01. The van der Waals surface area contributed by atoms with E-state index < -0.39 is 18.0 Å². The molecule has 1 rings (SSSR count). The second-order valence-corrected chi connectivity index (χ2v) is 2.63. The zero-order valence-corrected chi connectivity index (χ0v) is 8.72. The number of aromatic carboxylic acids is 2. The van der Waals surface area contributed by atoms with E-state index in [1.807, 2.05) is 4.91 Å². The highest BCUT2D eigenvalue weighted by atomic mass is 16.4. The summed E-state index contributed by atoms with van der Waals surface area (Å²) in [4.78, 5) is 32.1. The van der Waals surface area contributed by atoms with Crippen LogP contribution in [-0.2, 0) is 0 Å². The smallest absolute Gasteiger partial charge is 0.394 e. The molecule has 1 aromatic rings. The van der Waals surface area contributed by atoms with E-state index in [4.69, 9.17) is 20.9 Å². The molecule has 1 aromatic carbocycles. The van der Waals surface area contributed by atoms with Crippen molar-refractivity contribution >= 4 is 18.0 Å². The molecule has 0 aromatic heterocycles. The van der Waals surface area contributed by atoms with Crippen LogP contribution in [0, 0.1) is 0 Å². The molecule has 18 heavy (non-hydrogen) atoms. The van der Waals surface area contributed by atoms with Crippen LogP contribution in [0.1, 0.15) is 20.7 Å². The van der Waals surface area contributed by atoms with Gasteiger partial charge in [-0.25, -0.2) is 14.4 Å². The number of hydrogen-bond donors (Lipinski definition) is 3. The van der Waals surface area contributed by atoms with Gasteiger partial charge in [-0.1, -0.05) is 12.1 Å². The molecule has 9 nitrogen and oxygen atoms in total. The Balaban J connectivity index is 0.000000411. The van der Waals surface area contributed by atoms with Crippen molar-refractivity contribution in [2.45, 2.75) is 0 Å². The first-order valence-corrected chi connectivity index (χ1v) is 4.23. The first kappa shape index (κ1) is 14.9. The molecule has 0 aliphatic heterocycles. The number of carboxylic acid groups (broad SMARTS) is 3. The third kappa shape index (κ3) is 5.14. The van der Waals surface area contributed by atoms with Crippen molar-refractivity contribution in [3.63, 3.8) is 0 Å². The number of carboxylic acids is 2. The van der Waals surface area contributed by atoms with Crippen LogP contribution in [0.4, 0.5) is 4.79 Å². The van der Waals surface area contributed by atoms with Crippen LogP contribution >= 0.6 is 0 Å². The van der Waals surface area contributed by atoms with Crippen LogP contribution in [0.2, 0.25) is 0 Å². The standard InChI is InChI=1S/C8H6O4.CHN3O2/c9-7(10)5-3-1-2-4-6(5)8(11)12;2-4-3-1(5)6/h1-4H,(H,9,10)(H,11,12);(H,5,6). The van der Waals surface area contributed by atoms with Crippen molar-refractivity contribution in [2.75, 3.05) is 0 Å². The number of rotatable bonds is 2. The molecular weight excluding hydrogens is 246 g/mol. The lowest BCUT2D eigenvalue weighted by Crippen LogP contribution is -2.06. The van der Waals surface area contributed by atoms with Gasteiger partial charge in [0.15, 0.2) is 0 Å². The molecule has 0 heterocycles. The Morgan fingerprint density at radius 3 is 1.56 bits per heavy atom. The zero-order valence-electron chi connectivity index (χ0n) is 8.72. The number of benzene rings is 1. The lowest BCUT2D eigenvalue weighted by Gasteiger charge is -1.98. The van der Waals surface area contributed by atoms with E-state index in [-0.39, 0.29) is 11.1 Å². The van der Waals surface area contributed by atoms with E-state index in [9.17, 15) is 14.4 Å². The Hall–Kier alpha value is -3.06. The molecule has 0 bridgehead atoms. The topological polar surface area (TPSA) is 161 Å². The molecule has 0 saturated carbocycles. The third-order valence-electron chi connectivity index (χ3n) is 1.52. The van der Waals surface area contributed by atoms with E-state index in [2.05, 4.69) is 5.11 Å². The number of amides is 1. The van der Waals surface area contributed by atoms with Gasteiger partial charge in [-0.2, -0.15) is 0 Å². The summed E-state index contributed by atoms with van der Waals surface area (Å²) in [5.74, 6) is -2.46. The van der Waals surface area contributed by atoms with Crippen molar-refractivity contribution in [2.24, 2.45) is 5.11 Å². The third-order valence-corrected chi connectivity index (χ3v) is 1.52. The number of hydrogen-bond acceptors (Lipinski definition) is 3. The molecule has 9 heteroatoms. The van der Waals surface area contributed by atoms with Gasteiger partial charge in [-0.3, -0.25) is 0 Å². The average Bonchev–Trinajstić information content (AvgIpc) is 2.29. The van der Waals surface area contributed by atoms with E-state index in [0.717, 1.165) is 0 Å². The highest BCUT2D eigenvalue weighted by Gasteiger charge is 2.13. The Labute approximate surface area is 99.5 Å². The van der Waals surface area contributed by atoms with Gasteiger partial charge in [0, 0.05) is 10.0 Å². The Morgan fingerprint density at radius 1 is 1.00 bits per heavy atom. The Kier molecular flexibility index (Phi) is 6.02. The second kappa shape index (κ2) is 7.25. The van der Waals surface area contributed by atoms with Crippen LogP contribution in [0.5, 0.6) is 0 Å². The minimum atomic E-state index is -1.50. The first-order valence-electron chi connectivity index (χ1n) is 4.23. The Bertz CT molecular complexity index is 488. The zero-order chi connectivity index (χ0) is 14.1. The fourth-order valence-electron chi connectivity index (χ4n) is 0.894. The molecule has 1 amide bonds. The fourth-order valence-corrected chi connectivity index (χ4v) is 0.894. The van der Waals surface area contributed by atoms with E-state index in [1.165, 1.54) is 24.3 Å². The lowest BCUT2D eigenvalue weighted by atomic mass is 10.1. The predicted molar refractivity (Wildman–Crippen MR) is 57.5 cm³/mol. The van der Waals surface area contributed by atoms with Crippen molar-refractivity contribution in [1.82, 2.24) is 0 Å². The summed E-state index contributed by atoms with van der Waals surface area (Å²) in [5.41, 5.74) is 6.93. The molecule has 0 radical (unpaired) electrons. The van der Waals surface area contributed by atoms with Gasteiger partial charge in [0.2, 0.25) is 0 Å². The van der Waals surface area contributed by atoms with E-state index in [0.29, 0.717) is 0 Å². The molecule has 0 unspecified atom stereocenters. The lowest BCUT2D eigenvalue weighted by molar-refractivity contribution is 0.0651. The molecule has 94 valence electrons. The summed E-state index contributed by atoms with van der Waals surface area (Å²) in [6, 6.07) is 5.48. The van der Waals surface area contributed by atoms with Gasteiger partial charge in [-0.05, 0) is 17.7 Å². The largest absolute Gasteiger partial charge is 0.478 e. The maximum Gasteiger partial charge on any atom is 0.394 e. The molecule has 0 saturated heterocycles. The summed E-state index contributed by atoms with van der Waals surface area (Å²) in [7, 11) is 0. The van der Waals surface area contributed by atoms with Gasteiger partial charge in [-0.15, -0.1) is 0 Å². The number of nitrogens with zero attached hydrogens (tertiary/aromatic N) is 3. The summed E-state index contributed by atoms with van der Waals surface area (Å²) < 4.78 is 0. The predicted octanol–water partition coefficient (Wildman–Crippen LogP) is 2.06. The van der Waals surface area contributed by atoms with Gasteiger partial charge in [0.05, 0.1) is 11.1 Å². The van der Waals surface area contributed by atoms with Crippen LogP contribution in [0.25, 0.3) is 10.4 Å². The SMILES string of the molecule is O=C(O)c1ccccc1C(=O)O.[N-]=[N+]=NC(=O)O. The normalized spacial score (nSPS) is 8.22. The van der Waals surface area contributed by atoms with Gasteiger partial charge in [0.1, 0.15) is 0 Å². The van der Waals surface area contributed by atoms with Gasteiger partial charge in [0.25, 0.3) is 0 Å². The molecular formula is C9H7N3O6. The minimum Gasteiger partial charge on any atom is -0.478 e. The summed E-state index contributed by atoms with van der Waals surface area (Å²) in [5, 5.41) is 26.8. The number of carbonyl (C=O) groups is 3. The summed E-state index contributed by atoms with van der Waals surface area (Å²) in [6.45, 7) is 0. The molecule has 0 aliphatic carbocycles. The molecule has 3 N–H and O–H groups in total. The molecule has 0 aliphatic rings. The van der Waals surface area contributed by atoms with Crippen LogP contribution < -0.4 is 0 Å². The molecule has 0 atom stereocenters. The number of azide groups is 1. The van der Waals surface area contributed by atoms with E-state index in [1.54, 1.807) is 0 Å². The van der Waals surface area contributed by atoms with Gasteiger partial charge >= 0.3 is 18.0 Å². The van der Waals surface area contributed by atoms with Crippen LogP contribution in [0.3, 0.4) is 0 Å². The second-order valence-electron chi connectivity index (χ2n) is 2.63. The summed E-state index contributed by atoms with van der Waals surface area (Å²) in [6.07, 6.45) is -1.50. The van der Waals surface area contributed by atoms with Crippen molar-refractivity contribution in [1.29, 1.82) is 0 Å². The maximum absolute atomic E-state index is 10.5. The molecule has 0 fully saturated rings. The minimum absolute atomic E-state index is 0.190. The monoisotopic (exact) mass is 253 g/mol. The van der Waals surface area contributed by atoms with Crippen molar-refractivity contribution in [3.05, 3.63) is 45.8 Å². The highest BCUT2D eigenvalue weighted by Crippen LogP contribution is 2.07. The average molecular weight is 253 g/mol. The first-order chi connectivity index (χ1) is 8.40. The van der Waals surface area contributed by atoms with E-state index >= 15 is 0 Å². The molecule has 0 spiro atoms. The van der Waals surface area contributed by atoms with Gasteiger partial charge < -0.3 is 15.3 Å². The van der Waals surface area contributed by atoms with Crippen LogP contribution in [-0.4, -0.2) is 33.4 Å².